The molecule has 1 aliphatic rings. The Morgan fingerprint density at radius 1 is 1.11 bits per heavy atom. The molecule has 5 rings (SSSR count). The van der Waals surface area contributed by atoms with Crippen molar-refractivity contribution in [1.29, 1.82) is 0 Å². The summed E-state index contributed by atoms with van der Waals surface area (Å²) in [7, 11) is 0. The van der Waals surface area contributed by atoms with Crippen molar-refractivity contribution in [3.05, 3.63) is 75.8 Å². The summed E-state index contributed by atoms with van der Waals surface area (Å²) in [5, 5.41) is 14.8. The van der Waals surface area contributed by atoms with Crippen molar-refractivity contribution in [3.8, 4) is 22.1 Å². The Morgan fingerprint density at radius 3 is 2.60 bits per heavy atom. The number of thiazole rings is 1. The zero-order chi connectivity index (χ0) is 24.5. The Hall–Kier alpha value is -4.51. The molecule has 1 amide bonds. The topological polar surface area (TPSA) is 130 Å². The highest BCUT2D eigenvalue weighted by atomic mass is 32.1. The molecule has 0 saturated heterocycles. The van der Waals surface area contributed by atoms with E-state index in [1.165, 1.54) is 11.6 Å². The lowest BCUT2D eigenvalue weighted by molar-refractivity contribution is -0.385. The zero-order valence-corrected chi connectivity index (χ0v) is 19.1. The van der Waals surface area contributed by atoms with Crippen LogP contribution in [0.5, 0.6) is 11.5 Å². The fourth-order valence-electron chi connectivity index (χ4n) is 3.50. The number of esters is 1. The SMILES string of the molecule is Cc1ccc2nc(-c3ccc(NC(=O)COC(=O)c4cc5c(cc4[N+](=O)[O-])OCO5)cc3)sc2c1. The van der Waals surface area contributed by atoms with E-state index in [2.05, 4.69) is 16.4 Å². The molecule has 1 N–H and O–H groups in total. The van der Waals surface area contributed by atoms with Crippen molar-refractivity contribution in [2.24, 2.45) is 0 Å². The average Bonchev–Trinajstić information content (AvgIpc) is 3.48. The highest BCUT2D eigenvalue weighted by molar-refractivity contribution is 7.21. The smallest absolute Gasteiger partial charge is 0.345 e. The molecule has 11 heteroatoms. The van der Waals surface area contributed by atoms with E-state index in [0.29, 0.717) is 5.69 Å². The van der Waals surface area contributed by atoms with E-state index < -0.39 is 29.1 Å². The molecule has 0 fully saturated rings. The van der Waals surface area contributed by atoms with Gasteiger partial charge in [-0.1, -0.05) is 6.07 Å². The average molecular weight is 491 g/mol. The summed E-state index contributed by atoms with van der Waals surface area (Å²) in [4.78, 5) is 39.9. The summed E-state index contributed by atoms with van der Waals surface area (Å²) in [6.45, 7) is 1.30. The highest BCUT2D eigenvalue weighted by Gasteiger charge is 2.28. The van der Waals surface area contributed by atoms with Crippen LogP contribution >= 0.6 is 11.3 Å². The maximum absolute atomic E-state index is 12.4. The molecular weight excluding hydrogens is 474 g/mol. The summed E-state index contributed by atoms with van der Waals surface area (Å²) in [5.74, 6) is -1.26. The first-order valence-corrected chi connectivity index (χ1v) is 11.2. The van der Waals surface area contributed by atoms with Crippen molar-refractivity contribution >= 4 is 44.8 Å². The van der Waals surface area contributed by atoms with Crippen molar-refractivity contribution < 1.29 is 28.7 Å². The number of amides is 1. The number of aryl methyl sites for hydroxylation is 1. The number of rotatable bonds is 6. The van der Waals surface area contributed by atoms with E-state index in [1.54, 1.807) is 23.5 Å². The van der Waals surface area contributed by atoms with Gasteiger partial charge in [-0.15, -0.1) is 11.3 Å². The molecule has 176 valence electrons. The van der Waals surface area contributed by atoms with Gasteiger partial charge < -0.3 is 19.5 Å². The predicted octanol–water partition coefficient (Wildman–Crippen LogP) is 4.70. The van der Waals surface area contributed by atoms with Gasteiger partial charge in [0.2, 0.25) is 6.79 Å². The summed E-state index contributed by atoms with van der Waals surface area (Å²) in [5.41, 5.74) is 2.67. The first-order valence-electron chi connectivity index (χ1n) is 10.4. The van der Waals surface area contributed by atoms with Gasteiger partial charge >= 0.3 is 5.97 Å². The van der Waals surface area contributed by atoms with Crippen molar-refractivity contribution in [2.45, 2.75) is 6.92 Å². The second kappa shape index (κ2) is 9.03. The van der Waals surface area contributed by atoms with Gasteiger partial charge in [0.25, 0.3) is 11.6 Å². The van der Waals surface area contributed by atoms with Crippen molar-refractivity contribution in [2.75, 3.05) is 18.7 Å². The van der Waals surface area contributed by atoms with Gasteiger partial charge in [-0.25, -0.2) is 9.78 Å². The van der Waals surface area contributed by atoms with Crippen LogP contribution in [0.15, 0.2) is 54.6 Å². The number of nitrogens with zero attached hydrogens (tertiary/aromatic N) is 2. The van der Waals surface area contributed by atoms with Crippen LogP contribution in [-0.4, -0.2) is 35.2 Å². The van der Waals surface area contributed by atoms with Crippen LogP contribution in [-0.2, 0) is 9.53 Å². The van der Waals surface area contributed by atoms with Gasteiger partial charge in [0, 0.05) is 17.3 Å². The maximum Gasteiger partial charge on any atom is 0.345 e. The normalized spacial score (nSPS) is 11.9. The number of aromatic nitrogens is 1. The molecule has 0 atom stereocenters. The van der Waals surface area contributed by atoms with Gasteiger partial charge in [0.05, 0.1) is 21.2 Å². The van der Waals surface area contributed by atoms with Gasteiger partial charge in [0.15, 0.2) is 18.1 Å². The van der Waals surface area contributed by atoms with Gasteiger partial charge in [-0.05, 0) is 48.9 Å². The summed E-state index contributed by atoms with van der Waals surface area (Å²) < 4.78 is 16.3. The first kappa shape index (κ1) is 22.3. The Labute approximate surface area is 202 Å². The van der Waals surface area contributed by atoms with E-state index in [4.69, 9.17) is 14.2 Å². The summed E-state index contributed by atoms with van der Waals surface area (Å²) in [6, 6.07) is 15.5. The molecule has 35 heavy (non-hydrogen) atoms. The number of hydrogen-bond donors (Lipinski definition) is 1. The molecule has 1 aromatic heterocycles. The van der Waals surface area contributed by atoms with Gasteiger partial charge in [0.1, 0.15) is 10.6 Å². The summed E-state index contributed by atoms with van der Waals surface area (Å²) in [6.07, 6.45) is 0. The lowest BCUT2D eigenvalue weighted by atomic mass is 10.1. The number of ether oxygens (including phenoxy) is 3. The van der Waals surface area contributed by atoms with Gasteiger partial charge in [-0.3, -0.25) is 14.9 Å². The standard InChI is InChI=1S/C24H17N3O7S/c1-13-2-7-17-21(8-13)35-23(26-17)14-3-5-15(6-4-14)25-22(28)11-32-24(29)16-9-19-20(34-12-33-19)10-18(16)27(30)31/h2-10H,11-12H2,1H3,(H,25,28). The van der Waals surface area contributed by atoms with Crippen LogP contribution in [0, 0.1) is 17.0 Å². The highest BCUT2D eigenvalue weighted by Crippen LogP contribution is 2.38. The molecule has 0 unspecified atom stereocenters. The van der Waals surface area contributed by atoms with E-state index in [1.807, 2.05) is 31.2 Å². The van der Waals surface area contributed by atoms with Crippen molar-refractivity contribution in [3.63, 3.8) is 0 Å². The lowest BCUT2D eigenvalue weighted by Crippen LogP contribution is -2.21. The molecule has 2 heterocycles. The molecule has 4 aromatic rings. The number of carbonyl (C=O) groups excluding carboxylic acids is 2. The lowest BCUT2D eigenvalue weighted by Gasteiger charge is -2.08. The molecule has 0 bridgehead atoms. The number of benzene rings is 3. The third-order valence-corrected chi connectivity index (χ3v) is 6.27. The largest absolute Gasteiger partial charge is 0.454 e. The zero-order valence-electron chi connectivity index (χ0n) is 18.3. The molecule has 10 nitrogen and oxygen atoms in total. The summed E-state index contributed by atoms with van der Waals surface area (Å²) >= 11 is 1.58. The molecule has 0 spiro atoms. The Balaban J connectivity index is 1.22. The molecule has 0 radical (unpaired) electrons. The van der Waals surface area contributed by atoms with E-state index in [-0.39, 0.29) is 23.9 Å². The number of anilines is 1. The van der Waals surface area contributed by atoms with E-state index in [9.17, 15) is 19.7 Å². The van der Waals surface area contributed by atoms with E-state index in [0.717, 1.165) is 26.9 Å². The minimum atomic E-state index is -1.02. The third-order valence-electron chi connectivity index (χ3n) is 5.20. The van der Waals surface area contributed by atoms with Crippen LogP contribution in [0.1, 0.15) is 15.9 Å². The van der Waals surface area contributed by atoms with Crippen LogP contribution in [0.3, 0.4) is 0 Å². The fraction of sp³-hybridized carbons (Fsp3) is 0.125. The molecule has 1 aliphatic heterocycles. The molecule has 0 saturated carbocycles. The number of fused-ring (bicyclic) bond motifs is 2. The Bertz CT molecular complexity index is 1480. The minimum absolute atomic E-state index is 0.106. The van der Waals surface area contributed by atoms with Crippen LogP contribution in [0.2, 0.25) is 0 Å². The monoisotopic (exact) mass is 491 g/mol. The fourth-order valence-corrected chi connectivity index (χ4v) is 4.57. The van der Waals surface area contributed by atoms with Gasteiger partial charge in [-0.2, -0.15) is 0 Å². The number of nitro groups is 1. The number of nitrogens with one attached hydrogen (secondary N) is 1. The Kier molecular flexibility index (Phi) is 5.75. The number of nitro benzene ring substituents is 1. The number of hydrogen-bond acceptors (Lipinski definition) is 9. The van der Waals surface area contributed by atoms with Crippen LogP contribution in [0.4, 0.5) is 11.4 Å². The quantitative estimate of drug-likeness (QED) is 0.233. The molecule has 0 aliphatic carbocycles. The number of carbonyl (C=O) groups is 2. The van der Waals surface area contributed by atoms with Crippen LogP contribution in [0.25, 0.3) is 20.8 Å². The second-order valence-electron chi connectivity index (χ2n) is 7.67. The maximum atomic E-state index is 12.4. The minimum Gasteiger partial charge on any atom is -0.454 e. The predicted molar refractivity (Wildman–Crippen MR) is 128 cm³/mol. The van der Waals surface area contributed by atoms with E-state index >= 15 is 0 Å². The second-order valence-corrected chi connectivity index (χ2v) is 8.70. The van der Waals surface area contributed by atoms with Crippen molar-refractivity contribution in [1.82, 2.24) is 4.98 Å². The molecule has 3 aromatic carbocycles. The Morgan fingerprint density at radius 2 is 1.86 bits per heavy atom. The first-order chi connectivity index (χ1) is 16.9. The molecular formula is C24H17N3O7S. The third kappa shape index (κ3) is 4.62. The van der Waals surface area contributed by atoms with Crippen LogP contribution < -0.4 is 14.8 Å².